The van der Waals surface area contributed by atoms with Crippen molar-refractivity contribution < 1.29 is 38.9 Å². The number of hydrogen-bond donors (Lipinski definition) is 1. The predicted molar refractivity (Wildman–Crippen MR) is 55.9 cm³/mol. The zero-order chi connectivity index (χ0) is 15.1. The number of rotatable bonds is 4. The van der Waals surface area contributed by atoms with E-state index in [1.54, 1.807) is 0 Å². The highest BCUT2D eigenvalue weighted by molar-refractivity contribution is 6.13. The Kier molecular flexibility index (Phi) is 3.24. The average molecular weight is 282 g/mol. The van der Waals surface area contributed by atoms with Gasteiger partial charge >= 0.3 is 11.8 Å². The number of quaternary nitrogens is 1. The van der Waals surface area contributed by atoms with E-state index in [4.69, 9.17) is 0 Å². The summed E-state index contributed by atoms with van der Waals surface area (Å²) in [5.41, 5.74) is 0. The van der Waals surface area contributed by atoms with E-state index in [-0.39, 0.29) is 12.8 Å². The second-order valence-corrected chi connectivity index (χ2v) is 4.43. The zero-order valence-corrected chi connectivity index (χ0v) is 10.1. The molecule has 1 N–H and O–H groups in total. The molecule has 2 aliphatic heterocycles. The number of likely N-dealkylation sites (tertiary alicyclic amines) is 1. The summed E-state index contributed by atoms with van der Waals surface area (Å²) < 4.78 is -1.97. The van der Waals surface area contributed by atoms with E-state index in [9.17, 15) is 34.3 Å². The molecule has 0 aromatic heterocycles. The second-order valence-electron chi connectivity index (χ2n) is 4.43. The van der Waals surface area contributed by atoms with Crippen LogP contribution >= 0.6 is 0 Å². The molecule has 1 unspecified atom stereocenters. The van der Waals surface area contributed by atoms with Crippen LogP contribution in [0.2, 0.25) is 0 Å². The molecule has 0 saturated carbocycles. The van der Waals surface area contributed by atoms with E-state index in [1.165, 1.54) is 0 Å². The Bertz CT molecular complexity index is 531. The maximum absolute atomic E-state index is 11.6. The number of amides is 4. The van der Waals surface area contributed by atoms with Gasteiger partial charge in [0.25, 0.3) is 11.8 Å². The van der Waals surface area contributed by atoms with E-state index >= 15 is 0 Å². The van der Waals surface area contributed by atoms with Gasteiger partial charge < -0.3 is 9.90 Å². The largest absolute Gasteiger partial charge is 0.544 e. The lowest BCUT2D eigenvalue weighted by Gasteiger charge is -2.31. The maximum atomic E-state index is 11.6. The van der Waals surface area contributed by atoms with Crippen molar-refractivity contribution in [3.8, 4) is 0 Å². The molecule has 0 spiro atoms. The van der Waals surface area contributed by atoms with Crippen molar-refractivity contribution in [2.75, 3.05) is 6.54 Å². The molecular formula is C11H10N2O7. The molecule has 0 aromatic carbocycles. The Balaban J connectivity index is 2.31. The Morgan fingerprint density at radius 3 is 2.05 bits per heavy atom. The SMILES string of the molecule is O=C([O-])C(CN1C(=O)C=CC1=O)[N+]1(O)C(=O)CCC1=O. The van der Waals surface area contributed by atoms with Crippen molar-refractivity contribution in [2.24, 2.45) is 0 Å². The van der Waals surface area contributed by atoms with Crippen LogP contribution in [0.15, 0.2) is 12.2 Å². The Morgan fingerprint density at radius 1 is 1.20 bits per heavy atom. The summed E-state index contributed by atoms with van der Waals surface area (Å²) >= 11 is 0. The summed E-state index contributed by atoms with van der Waals surface area (Å²) in [7, 11) is 0. The molecule has 1 atom stereocenters. The number of carbonyl (C=O) groups excluding carboxylic acids is 5. The van der Waals surface area contributed by atoms with Crippen LogP contribution in [0.5, 0.6) is 0 Å². The van der Waals surface area contributed by atoms with Gasteiger partial charge in [-0.3, -0.25) is 14.5 Å². The minimum absolute atomic E-state index is 0.306. The van der Waals surface area contributed by atoms with Gasteiger partial charge in [-0.25, -0.2) is 14.8 Å². The highest BCUT2D eigenvalue weighted by Crippen LogP contribution is 2.25. The summed E-state index contributed by atoms with van der Waals surface area (Å²) in [4.78, 5) is 57.6. The first-order valence-electron chi connectivity index (χ1n) is 5.71. The van der Waals surface area contributed by atoms with Crippen LogP contribution in [0.3, 0.4) is 0 Å². The van der Waals surface area contributed by atoms with Crippen LogP contribution in [0.25, 0.3) is 0 Å². The van der Waals surface area contributed by atoms with Crippen molar-refractivity contribution in [1.82, 2.24) is 4.90 Å². The number of hydroxylamine groups is 3. The fourth-order valence-electron chi connectivity index (χ4n) is 2.17. The quantitative estimate of drug-likeness (QED) is 0.332. The third-order valence-corrected chi connectivity index (χ3v) is 3.29. The fourth-order valence-corrected chi connectivity index (χ4v) is 2.17. The van der Waals surface area contributed by atoms with Crippen LogP contribution in [0.4, 0.5) is 0 Å². The van der Waals surface area contributed by atoms with Crippen LogP contribution in [-0.2, 0) is 24.0 Å². The second kappa shape index (κ2) is 4.62. The highest BCUT2D eigenvalue weighted by Gasteiger charge is 2.57. The monoisotopic (exact) mass is 282 g/mol. The van der Waals surface area contributed by atoms with Crippen molar-refractivity contribution in [3.05, 3.63) is 12.2 Å². The molecule has 4 amide bonds. The number of carboxylic acids is 1. The summed E-state index contributed by atoms with van der Waals surface area (Å²) in [6, 6.07) is -2.04. The van der Waals surface area contributed by atoms with Gasteiger partial charge in [0.1, 0.15) is 5.97 Å². The van der Waals surface area contributed by atoms with Crippen LogP contribution in [0, 0.1) is 0 Å². The number of aliphatic carboxylic acids is 1. The van der Waals surface area contributed by atoms with Gasteiger partial charge in [0.2, 0.25) is 0 Å². The molecule has 20 heavy (non-hydrogen) atoms. The van der Waals surface area contributed by atoms with E-state index in [0.717, 1.165) is 12.2 Å². The molecule has 9 nitrogen and oxygen atoms in total. The smallest absolute Gasteiger partial charge is 0.354 e. The molecule has 0 aliphatic carbocycles. The van der Waals surface area contributed by atoms with Crippen molar-refractivity contribution in [3.63, 3.8) is 0 Å². The molecule has 2 heterocycles. The molecular weight excluding hydrogens is 272 g/mol. The van der Waals surface area contributed by atoms with Crippen LogP contribution < -0.4 is 5.11 Å². The third-order valence-electron chi connectivity index (χ3n) is 3.29. The maximum Gasteiger partial charge on any atom is 0.354 e. The zero-order valence-electron chi connectivity index (χ0n) is 10.1. The topological polar surface area (TPSA) is 132 Å². The lowest BCUT2D eigenvalue weighted by atomic mass is 10.2. The Morgan fingerprint density at radius 2 is 1.65 bits per heavy atom. The molecule has 2 aliphatic rings. The van der Waals surface area contributed by atoms with E-state index in [2.05, 4.69) is 0 Å². The molecule has 0 radical (unpaired) electrons. The van der Waals surface area contributed by atoms with Gasteiger partial charge in [-0.2, -0.15) is 0 Å². The first-order valence-corrected chi connectivity index (χ1v) is 5.71. The van der Waals surface area contributed by atoms with E-state index < -0.39 is 46.8 Å². The molecule has 1 saturated heterocycles. The standard InChI is InChI=1S/C11H10N2O7/c14-7-1-2-8(15)12(7)5-6(11(18)19)13(20)9(16)3-4-10(13)17/h1-2,6,20H,3-5H2. The van der Waals surface area contributed by atoms with Gasteiger partial charge in [0.05, 0.1) is 19.4 Å². The van der Waals surface area contributed by atoms with E-state index in [0.29, 0.717) is 4.90 Å². The number of carbonyl (C=O) groups is 5. The summed E-state index contributed by atoms with van der Waals surface area (Å²) in [6.07, 6.45) is 1.23. The van der Waals surface area contributed by atoms with Crippen molar-refractivity contribution in [2.45, 2.75) is 18.9 Å². The first kappa shape index (κ1) is 14.0. The third kappa shape index (κ3) is 1.92. The van der Waals surface area contributed by atoms with Crippen LogP contribution in [-0.4, -0.2) is 56.9 Å². The fraction of sp³-hybridized carbons (Fsp3) is 0.364. The first-order chi connectivity index (χ1) is 9.28. The molecule has 106 valence electrons. The summed E-state index contributed by atoms with van der Waals surface area (Å²) in [5, 5.41) is 21.2. The van der Waals surface area contributed by atoms with Gasteiger partial charge in [-0.15, -0.1) is 0 Å². The number of nitrogens with zero attached hydrogens (tertiary/aromatic N) is 2. The van der Waals surface area contributed by atoms with Gasteiger partial charge in [0, 0.05) is 12.2 Å². The lowest BCUT2D eigenvalue weighted by Crippen LogP contribution is -2.66. The normalized spacial score (nSPS) is 22.8. The number of carboxylic acid groups (broad SMARTS) is 1. The summed E-state index contributed by atoms with van der Waals surface area (Å²) in [6.45, 7) is -0.818. The molecule has 1 fully saturated rings. The van der Waals surface area contributed by atoms with Crippen molar-refractivity contribution >= 4 is 29.6 Å². The Labute approximate surface area is 112 Å². The van der Waals surface area contributed by atoms with Gasteiger partial charge in [-0.05, 0) is 4.65 Å². The minimum Gasteiger partial charge on any atom is -0.544 e. The highest BCUT2D eigenvalue weighted by atomic mass is 16.6. The van der Waals surface area contributed by atoms with Gasteiger partial charge in [-0.1, -0.05) is 0 Å². The molecule has 0 aromatic rings. The van der Waals surface area contributed by atoms with E-state index in [1.807, 2.05) is 0 Å². The van der Waals surface area contributed by atoms with Crippen LogP contribution in [0.1, 0.15) is 12.8 Å². The molecule has 2 rings (SSSR count). The number of hydrogen-bond acceptors (Lipinski definition) is 7. The molecule has 0 bridgehead atoms. The van der Waals surface area contributed by atoms with Gasteiger partial charge in [0.15, 0.2) is 6.04 Å². The minimum atomic E-state index is -2.04. The molecule has 9 heteroatoms. The Hall–Kier alpha value is -2.39. The summed E-state index contributed by atoms with van der Waals surface area (Å²) in [5.74, 6) is -5.48. The average Bonchev–Trinajstić information content (AvgIpc) is 2.82. The lowest BCUT2D eigenvalue weighted by molar-refractivity contribution is -0.985. The predicted octanol–water partition coefficient (Wildman–Crippen LogP) is -2.92. The number of imide groups is 2. The van der Waals surface area contributed by atoms with Crippen molar-refractivity contribution in [1.29, 1.82) is 0 Å².